The Bertz CT molecular complexity index is 1010. The summed E-state index contributed by atoms with van der Waals surface area (Å²) in [5, 5.41) is 38.5. The van der Waals surface area contributed by atoms with Gasteiger partial charge >= 0.3 is 11.9 Å². The monoisotopic (exact) mass is 451 g/mol. The van der Waals surface area contributed by atoms with E-state index in [1.165, 1.54) is 4.58 Å². The number of nitrogens with one attached hydrogen (secondary N) is 2. The Kier molecular flexibility index (Phi) is 4.23. The zero-order chi connectivity index (χ0) is 22.2. The number of nitrogens with two attached hydrogens (primary N) is 2. The van der Waals surface area contributed by atoms with Crippen molar-refractivity contribution in [3.63, 3.8) is 0 Å². The van der Waals surface area contributed by atoms with Crippen molar-refractivity contribution in [1.29, 1.82) is 0 Å². The van der Waals surface area contributed by atoms with Crippen LogP contribution in [0.3, 0.4) is 0 Å². The lowest BCUT2D eigenvalue weighted by molar-refractivity contribution is -0.623. The second-order valence-electron chi connectivity index (χ2n) is 8.49. The predicted molar refractivity (Wildman–Crippen MR) is 109 cm³/mol. The molecular weight excluding hydrogens is 428 g/mol. The lowest BCUT2D eigenvalue weighted by Crippen LogP contribution is -2.78. The van der Waals surface area contributed by atoms with E-state index >= 15 is 0 Å². The minimum absolute atomic E-state index is 0.0378. The van der Waals surface area contributed by atoms with Crippen molar-refractivity contribution in [2.24, 2.45) is 16.5 Å². The highest BCUT2D eigenvalue weighted by Crippen LogP contribution is 2.51. The lowest BCUT2D eigenvalue weighted by atomic mass is 9.86. The van der Waals surface area contributed by atoms with Gasteiger partial charge in [0.1, 0.15) is 12.6 Å². The van der Waals surface area contributed by atoms with E-state index in [1.807, 2.05) is 0 Å². The van der Waals surface area contributed by atoms with Crippen molar-refractivity contribution in [2.45, 2.75) is 47.9 Å². The third-order valence-corrected chi connectivity index (χ3v) is 7.05. The van der Waals surface area contributed by atoms with Crippen LogP contribution in [0.1, 0.15) is 18.4 Å². The van der Waals surface area contributed by atoms with Gasteiger partial charge in [-0.15, -0.1) is 0 Å². The molecule has 4 aliphatic rings. The van der Waals surface area contributed by atoms with E-state index in [0.717, 1.165) is 5.56 Å². The molecule has 1 aliphatic carbocycles. The van der Waals surface area contributed by atoms with Gasteiger partial charge in [-0.2, -0.15) is 0 Å². The van der Waals surface area contributed by atoms with Crippen LogP contribution in [-0.4, -0.2) is 80.6 Å². The molecule has 3 aliphatic heterocycles. The summed E-state index contributed by atoms with van der Waals surface area (Å²) in [6, 6.07) is 5.32. The normalized spacial score (nSPS) is 34.2. The SMILES string of the molecule is NC1=N[C@H]2[C@H](CO)NC(N)=[N+]3C[C@H](OC(=O)C4(c5ccc(Cl)cc5)CC4)C(O)(O)[C@]23N1. The Morgan fingerprint density at radius 2 is 1.97 bits per heavy atom. The number of hydrogen-bond acceptors (Lipinski definition) is 10. The van der Waals surface area contributed by atoms with Crippen molar-refractivity contribution < 1.29 is 29.4 Å². The Hall–Kier alpha value is -2.60. The van der Waals surface area contributed by atoms with Gasteiger partial charge in [0.2, 0.25) is 5.66 Å². The number of carbonyl (C=O) groups excluding carboxylic acids is 1. The maximum atomic E-state index is 13.2. The third kappa shape index (κ3) is 2.60. The molecular formula is C19H24ClN6O5+. The first kappa shape index (κ1) is 20.3. The van der Waals surface area contributed by atoms with E-state index < -0.39 is 41.0 Å². The average molecular weight is 452 g/mol. The summed E-state index contributed by atoms with van der Waals surface area (Å²) in [6.45, 7) is -0.488. The number of benzene rings is 1. The molecule has 11 nitrogen and oxygen atoms in total. The minimum atomic E-state index is -2.60. The first-order chi connectivity index (χ1) is 14.7. The molecule has 0 amide bonds. The number of ether oxygens (including phenoxy) is 1. The van der Waals surface area contributed by atoms with Gasteiger partial charge in [0.05, 0.1) is 12.0 Å². The van der Waals surface area contributed by atoms with Gasteiger partial charge < -0.3 is 31.1 Å². The first-order valence-electron chi connectivity index (χ1n) is 9.96. The lowest BCUT2D eigenvalue weighted by Gasteiger charge is -2.43. The average Bonchev–Trinajstić information content (AvgIpc) is 3.40. The van der Waals surface area contributed by atoms with E-state index in [-0.39, 0.29) is 25.1 Å². The van der Waals surface area contributed by atoms with E-state index in [4.69, 9.17) is 27.8 Å². The Balaban J connectivity index is 1.47. The molecule has 0 unspecified atom stereocenters. The molecule has 1 aromatic carbocycles. The van der Waals surface area contributed by atoms with Crippen LogP contribution in [0.25, 0.3) is 0 Å². The van der Waals surface area contributed by atoms with Crippen LogP contribution >= 0.6 is 11.6 Å². The maximum Gasteiger partial charge on any atom is 0.346 e. The highest BCUT2D eigenvalue weighted by atomic mass is 35.5. The predicted octanol–water partition coefficient (Wildman–Crippen LogP) is -2.75. The summed E-state index contributed by atoms with van der Waals surface area (Å²) in [7, 11) is 0. The van der Waals surface area contributed by atoms with Crippen molar-refractivity contribution in [2.75, 3.05) is 13.2 Å². The van der Waals surface area contributed by atoms with Crippen LogP contribution < -0.4 is 22.1 Å². The van der Waals surface area contributed by atoms with Gasteiger partial charge in [0.25, 0.3) is 5.79 Å². The number of nitrogens with zero attached hydrogens (tertiary/aromatic N) is 2. The zero-order valence-corrected chi connectivity index (χ0v) is 17.2. The van der Waals surface area contributed by atoms with Crippen molar-refractivity contribution >= 4 is 29.5 Å². The molecule has 1 saturated carbocycles. The number of carbonyl (C=O) groups is 1. The van der Waals surface area contributed by atoms with Crippen LogP contribution in [0.4, 0.5) is 0 Å². The van der Waals surface area contributed by atoms with Crippen LogP contribution in [0, 0.1) is 0 Å². The number of aliphatic hydroxyl groups is 3. The summed E-state index contributed by atoms with van der Waals surface area (Å²) >= 11 is 5.95. The molecule has 0 bridgehead atoms. The molecule has 1 spiro atoms. The minimum Gasteiger partial charge on any atom is -0.452 e. The van der Waals surface area contributed by atoms with Gasteiger partial charge in [-0.05, 0) is 30.5 Å². The highest BCUT2D eigenvalue weighted by molar-refractivity contribution is 6.30. The fourth-order valence-corrected chi connectivity index (χ4v) is 5.12. The molecule has 5 rings (SSSR count). The van der Waals surface area contributed by atoms with Gasteiger partial charge in [-0.1, -0.05) is 23.7 Å². The van der Waals surface area contributed by atoms with E-state index in [1.54, 1.807) is 24.3 Å². The van der Waals surface area contributed by atoms with Gasteiger partial charge in [-0.25, -0.2) is 9.57 Å². The Labute approximate surface area is 182 Å². The van der Waals surface area contributed by atoms with Gasteiger partial charge in [0, 0.05) is 5.02 Å². The van der Waals surface area contributed by atoms with Crippen LogP contribution in [0.5, 0.6) is 0 Å². The summed E-state index contributed by atoms with van der Waals surface area (Å²) < 4.78 is 7.12. The van der Waals surface area contributed by atoms with E-state index in [2.05, 4.69) is 15.6 Å². The molecule has 31 heavy (non-hydrogen) atoms. The van der Waals surface area contributed by atoms with Crippen LogP contribution in [-0.2, 0) is 14.9 Å². The Morgan fingerprint density at radius 3 is 2.58 bits per heavy atom. The van der Waals surface area contributed by atoms with Crippen LogP contribution in [0.15, 0.2) is 29.3 Å². The van der Waals surface area contributed by atoms with Crippen molar-refractivity contribution in [1.82, 2.24) is 10.6 Å². The third-order valence-electron chi connectivity index (χ3n) is 6.80. The molecule has 9 N–H and O–H groups in total. The number of aliphatic hydroxyl groups excluding tert-OH is 1. The standard InChI is InChI=1S/C19H23ClN6O5/c20-10-3-1-9(2-4-10)17(5-6-17)14(28)31-12-7-26-16(22)23-11(8-27)13-18(26,19(12,29)30)25-15(21)24-13/h1-4,11-13,27,29-30H,5-8H2,(H5,21,22,23,24,25)/p+1/t11-,12-,13-,18-/m0/s1. The molecule has 3 heterocycles. The van der Waals surface area contributed by atoms with E-state index in [9.17, 15) is 20.1 Å². The second kappa shape index (κ2) is 6.45. The van der Waals surface area contributed by atoms with Crippen molar-refractivity contribution in [3.05, 3.63) is 34.9 Å². The number of hydrogen-bond donors (Lipinski definition) is 7. The molecule has 1 aromatic rings. The summed E-state index contributed by atoms with van der Waals surface area (Å²) in [6.07, 6.45) is -0.185. The smallest absolute Gasteiger partial charge is 0.346 e. The number of guanidine groups is 2. The first-order valence-corrected chi connectivity index (χ1v) is 10.3. The molecule has 2 fully saturated rings. The fraction of sp³-hybridized carbons (Fsp3) is 0.526. The molecule has 166 valence electrons. The van der Waals surface area contributed by atoms with Crippen molar-refractivity contribution in [3.8, 4) is 0 Å². The highest BCUT2D eigenvalue weighted by Gasteiger charge is 2.76. The van der Waals surface area contributed by atoms with E-state index in [0.29, 0.717) is 17.9 Å². The van der Waals surface area contributed by atoms with Gasteiger partial charge in [-0.3, -0.25) is 15.8 Å². The second-order valence-corrected chi connectivity index (χ2v) is 8.93. The topological polar surface area (TPSA) is 178 Å². The quantitative estimate of drug-likeness (QED) is 0.145. The van der Waals surface area contributed by atoms with Crippen LogP contribution in [0.2, 0.25) is 5.02 Å². The summed E-state index contributed by atoms with van der Waals surface area (Å²) in [5.41, 5.74) is 10.2. The Morgan fingerprint density at radius 1 is 1.29 bits per heavy atom. The largest absolute Gasteiger partial charge is 0.452 e. The summed E-state index contributed by atoms with van der Waals surface area (Å²) in [4.78, 5) is 17.4. The molecule has 1 saturated heterocycles. The maximum absolute atomic E-state index is 13.2. The number of aliphatic imine (C=N–C) groups is 1. The number of rotatable bonds is 4. The molecule has 12 heteroatoms. The van der Waals surface area contributed by atoms with Gasteiger partial charge in [0.15, 0.2) is 18.1 Å². The molecule has 0 radical (unpaired) electrons. The summed E-state index contributed by atoms with van der Waals surface area (Å²) in [5.74, 6) is -3.12. The molecule has 0 aromatic heterocycles. The number of halogens is 1. The zero-order valence-electron chi connectivity index (χ0n) is 16.5. The fourth-order valence-electron chi connectivity index (χ4n) is 4.99. The molecule has 4 atom stereocenters. The number of esters is 1.